The SMILES string of the molecule is COC(=O)C1(CCCCCCO)CCCCC1. The number of rotatable bonds is 7. The summed E-state index contributed by atoms with van der Waals surface area (Å²) >= 11 is 0. The van der Waals surface area contributed by atoms with Crippen LogP contribution < -0.4 is 0 Å². The Labute approximate surface area is 105 Å². The van der Waals surface area contributed by atoms with E-state index in [1.165, 1.54) is 13.5 Å². The molecular formula is C14H26O3. The molecule has 1 rings (SSSR count). The number of carbonyl (C=O) groups is 1. The fraction of sp³-hybridized carbons (Fsp3) is 0.929. The third-order valence-corrected chi connectivity index (χ3v) is 3.99. The second-order valence-electron chi connectivity index (χ2n) is 5.22. The molecule has 0 unspecified atom stereocenters. The molecule has 3 heteroatoms. The molecule has 17 heavy (non-hydrogen) atoms. The summed E-state index contributed by atoms with van der Waals surface area (Å²) in [7, 11) is 1.50. The molecule has 0 atom stereocenters. The minimum Gasteiger partial charge on any atom is -0.469 e. The van der Waals surface area contributed by atoms with Crippen LogP contribution in [0.2, 0.25) is 0 Å². The average molecular weight is 242 g/mol. The number of aliphatic hydroxyl groups excluding tert-OH is 1. The van der Waals surface area contributed by atoms with Gasteiger partial charge >= 0.3 is 5.97 Å². The number of carbonyl (C=O) groups excluding carboxylic acids is 1. The van der Waals surface area contributed by atoms with Gasteiger partial charge in [-0.15, -0.1) is 0 Å². The van der Waals surface area contributed by atoms with Gasteiger partial charge in [0.25, 0.3) is 0 Å². The third-order valence-electron chi connectivity index (χ3n) is 3.99. The Hall–Kier alpha value is -0.570. The fourth-order valence-corrected chi connectivity index (χ4v) is 2.93. The molecule has 0 aliphatic heterocycles. The third kappa shape index (κ3) is 4.30. The second-order valence-corrected chi connectivity index (χ2v) is 5.22. The van der Waals surface area contributed by atoms with Gasteiger partial charge in [-0.2, -0.15) is 0 Å². The van der Waals surface area contributed by atoms with Gasteiger partial charge in [-0.1, -0.05) is 38.5 Å². The van der Waals surface area contributed by atoms with Gasteiger partial charge in [0.15, 0.2) is 0 Å². The van der Waals surface area contributed by atoms with Crippen LogP contribution in [0.25, 0.3) is 0 Å². The zero-order valence-electron chi connectivity index (χ0n) is 11.0. The number of ether oxygens (including phenoxy) is 1. The maximum atomic E-state index is 11.9. The van der Waals surface area contributed by atoms with Crippen molar-refractivity contribution in [3.8, 4) is 0 Å². The van der Waals surface area contributed by atoms with E-state index >= 15 is 0 Å². The molecule has 3 nitrogen and oxygen atoms in total. The van der Waals surface area contributed by atoms with Crippen LogP contribution in [0.15, 0.2) is 0 Å². The first-order valence-corrected chi connectivity index (χ1v) is 6.94. The van der Waals surface area contributed by atoms with Crippen molar-refractivity contribution in [3.63, 3.8) is 0 Å². The van der Waals surface area contributed by atoms with Gasteiger partial charge in [-0.25, -0.2) is 0 Å². The highest BCUT2D eigenvalue weighted by molar-refractivity contribution is 5.76. The number of aliphatic hydroxyl groups is 1. The van der Waals surface area contributed by atoms with Crippen LogP contribution in [-0.2, 0) is 9.53 Å². The molecule has 0 bridgehead atoms. The van der Waals surface area contributed by atoms with Crippen molar-refractivity contribution >= 4 is 5.97 Å². The van der Waals surface area contributed by atoms with E-state index in [1.807, 2.05) is 0 Å². The van der Waals surface area contributed by atoms with Gasteiger partial charge in [0.05, 0.1) is 12.5 Å². The lowest BCUT2D eigenvalue weighted by Crippen LogP contribution is -2.34. The molecule has 1 saturated carbocycles. The molecule has 0 saturated heterocycles. The molecule has 100 valence electrons. The molecule has 0 aromatic rings. The van der Waals surface area contributed by atoms with Gasteiger partial charge in [0, 0.05) is 6.61 Å². The largest absolute Gasteiger partial charge is 0.469 e. The van der Waals surface area contributed by atoms with Gasteiger partial charge in [0.2, 0.25) is 0 Å². The van der Waals surface area contributed by atoms with Crippen molar-refractivity contribution in [2.24, 2.45) is 5.41 Å². The van der Waals surface area contributed by atoms with E-state index < -0.39 is 0 Å². The number of esters is 1. The topological polar surface area (TPSA) is 46.5 Å². The summed E-state index contributed by atoms with van der Waals surface area (Å²) in [5.74, 6) is -0.000594. The molecular weight excluding hydrogens is 216 g/mol. The number of hydrogen-bond acceptors (Lipinski definition) is 3. The van der Waals surface area contributed by atoms with Crippen LogP contribution in [0.5, 0.6) is 0 Å². The van der Waals surface area contributed by atoms with Gasteiger partial charge in [-0.05, 0) is 25.7 Å². The molecule has 1 aliphatic rings. The Balaban J connectivity index is 2.38. The smallest absolute Gasteiger partial charge is 0.311 e. The predicted octanol–water partition coefficient (Wildman–Crippen LogP) is 3.05. The Morgan fingerprint density at radius 2 is 1.76 bits per heavy atom. The van der Waals surface area contributed by atoms with Crippen LogP contribution in [0, 0.1) is 5.41 Å². The van der Waals surface area contributed by atoms with E-state index in [1.54, 1.807) is 0 Å². The molecule has 0 amide bonds. The second kappa shape index (κ2) is 7.70. The summed E-state index contributed by atoms with van der Waals surface area (Å²) in [4.78, 5) is 11.9. The zero-order chi connectivity index (χ0) is 12.6. The van der Waals surface area contributed by atoms with E-state index in [-0.39, 0.29) is 18.0 Å². The van der Waals surface area contributed by atoms with Gasteiger partial charge in [-0.3, -0.25) is 4.79 Å². The molecule has 1 fully saturated rings. The Morgan fingerprint density at radius 1 is 1.12 bits per heavy atom. The number of methoxy groups -OCH3 is 1. The lowest BCUT2D eigenvalue weighted by molar-refractivity contribution is -0.155. The molecule has 0 radical (unpaired) electrons. The predicted molar refractivity (Wildman–Crippen MR) is 67.7 cm³/mol. The summed E-state index contributed by atoms with van der Waals surface area (Å²) in [6.45, 7) is 0.280. The first kappa shape index (κ1) is 14.5. The molecule has 0 aromatic heterocycles. The Kier molecular flexibility index (Phi) is 6.56. The highest BCUT2D eigenvalue weighted by atomic mass is 16.5. The summed E-state index contributed by atoms with van der Waals surface area (Å²) in [6.07, 6.45) is 10.7. The van der Waals surface area contributed by atoms with Crippen molar-refractivity contribution < 1.29 is 14.6 Å². The van der Waals surface area contributed by atoms with Gasteiger partial charge < -0.3 is 9.84 Å². The fourth-order valence-electron chi connectivity index (χ4n) is 2.93. The highest BCUT2D eigenvalue weighted by Gasteiger charge is 2.39. The lowest BCUT2D eigenvalue weighted by Gasteiger charge is -2.34. The van der Waals surface area contributed by atoms with Crippen LogP contribution in [0.4, 0.5) is 0 Å². The molecule has 0 spiro atoms. The summed E-state index contributed by atoms with van der Waals surface area (Å²) in [5.41, 5.74) is -0.188. The Morgan fingerprint density at radius 3 is 2.35 bits per heavy atom. The molecule has 0 heterocycles. The van der Waals surface area contributed by atoms with Crippen molar-refractivity contribution in [1.82, 2.24) is 0 Å². The van der Waals surface area contributed by atoms with E-state index in [4.69, 9.17) is 9.84 Å². The van der Waals surface area contributed by atoms with Crippen LogP contribution in [0.1, 0.15) is 64.2 Å². The average Bonchev–Trinajstić information content (AvgIpc) is 2.38. The monoisotopic (exact) mass is 242 g/mol. The number of hydrogen-bond donors (Lipinski definition) is 1. The van der Waals surface area contributed by atoms with Crippen molar-refractivity contribution in [2.45, 2.75) is 64.2 Å². The first-order chi connectivity index (χ1) is 8.25. The standard InChI is InChI=1S/C14H26O3/c1-17-13(16)14(10-6-4-7-11-14)9-5-2-3-8-12-15/h15H,2-12H2,1H3. The minimum absolute atomic E-state index is 0.000594. The van der Waals surface area contributed by atoms with Crippen molar-refractivity contribution in [2.75, 3.05) is 13.7 Å². The summed E-state index contributed by atoms with van der Waals surface area (Å²) < 4.78 is 4.99. The summed E-state index contributed by atoms with van der Waals surface area (Å²) in [6, 6.07) is 0. The van der Waals surface area contributed by atoms with Crippen LogP contribution in [0.3, 0.4) is 0 Å². The Bertz CT molecular complexity index is 220. The van der Waals surface area contributed by atoms with E-state index in [0.29, 0.717) is 0 Å². The molecule has 1 aliphatic carbocycles. The molecule has 0 aromatic carbocycles. The first-order valence-electron chi connectivity index (χ1n) is 6.94. The van der Waals surface area contributed by atoms with Crippen LogP contribution >= 0.6 is 0 Å². The maximum absolute atomic E-state index is 11.9. The van der Waals surface area contributed by atoms with Crippen molar-refractivity contribution in [3.05, 3.63) is 0 Å². The lowest BCUT2D eigenvalue weighted by atomic mass is 9.71. The van der Waals surface area contributed by atoms with Gasteiger partial charge in [0.1, 0.15) is 0 Å². The quantitative estimate of drug-likeness (QED) is 0.551. The minimum atomic E-state index is -0.188. The molecule has 1 N–H and O–H groups in total. The van der Waals surface area contributed by atoms with Crippen LogP contribution in [-0.4, -0.2) is 24.8 Å². The van der Waals surface area contributed by atoms with E-state index in [2.05, 4.69) is 0 Å². The normalized spacial score (nSPS) is 18.9. The highest BCUT2D eigenvalue weighted by Crippen LogP contribution is 2.41. The van der Waals surface area contributed by atoms with Crippen molar-refractivity contribution in [1.29, 1.82) is 0 Å². The summed E-state index contributed by atoms with van der Waals surface area (Å²) in [5, 5.41) is 8.72. The van der Waals surface area contributed by atoms with E-state index in [9.17, 15) is 4.79 Å². The zero-order valence-corrected chi connectivity index (χ0v) is 11.0. The number of unbranched alkanes of at least 4 members (excludes halogenated alkanes) is 3. The maximum Gasteiger partial charge on any atom is 0.311 e. The van der Waals surface area contributed by atoms with E-state index in [0.717, 1.165) is 57.8 Å².